The van der Waals surface area contributed by atoms with E-state index in [0.29, 0.717) is 10.7 Å². The Morgan fingerprint density at radius 3 is 2.26 bits per heavy atom. The minimum Gasteiger partial charge on any atom is -0.388 e. The van der Waals surface area contributed by atoms with Gasteiger partial charge in [0.15, 0.2) is 0 Å². The van der Waals surface area contributed by atoms with Crippen LogP contribution in [0.4, 0.5) is 5.69 Å². The summed E-state index contributed by atoms with van der Waals surface area (Å²) < 4.78 is 6.07. The van der Waals surface area contributed by atoms with Crippen LogP contribution in [-0.2, 0) is 4.74 Å². The van der Waals surface area contributed by atoms with Gasteiger partial charge in [0, 0.05) is 13.1 Å². The summed E-state index contributed by atoms with van der Waals surface area (Å²) in [5, 5.41) is 0. The zero-order valence-electron chi connectivity index (χ0n) is 11.9. The first kappa shape index (κ1) is 14.2. The summed E-state index contributed by atoms with van der Waals surface area (Å²) in [4.78, 5) is 6.92. The molecule has 1 saturated heterocycles. The lowest BCUT2D eigenvalue weighted by molar-refractivity contribution is -0.133. The van der Waals surface area contributed by atoms with Gasteiger partial charge in [-0.05, 0) is 39.8 Å². The molecule has 1 aromatic rings. The largest absolute Gasteiger partial charge is 0.388 e. The van der Waals surface area contributed by atoms with Gasteiger partial charge in [-0.15, -0.1) is 0 Å². The summed E-state index contributed by atoms with van der Waals surface area (Å²) in [6, 6.07) is 3.88. The van der Waals surface area contributed by atoms with Crippen molar-refractivity contribution in [2.24, 2.45) is 5.73 Å². The van der Waals surface area contributed by atoms with Crippen molar-refractivity contribution in [1.82, 2.24) is 4.98 Å². The number of nitrogens with zero attached hydrogens (tertiary/aromatic N) is 2. The zero-order chi connectivity index (χ0) is 14.3. The molecule has 0 aromatic carbocycles. The molecule has 104 valence electrons. The molecular weight excluding hydrogens is 258 g/mol. The smallest absolute Gasteiger partial charge is 0.122 e. The number of hydrogen-bond donors (Lipinski definition) is 1. The molecule has 0 saturated carbocycles. The standard InChI is InChI=1S/C14H21N3OS/c1-13(2)8-17(9-14(3,4)18-13)10-5-6-11(12(15)19)16-7-10/h5-7H,8-9H2,1-4H3,(H2,15,19). The van der Waals surface area contributed by atoms with E-state index in [1.165, 1.54) is 0 Å². The molecule has 0 spiro atoms. The van der Waals surface area contributed by atoms with Crippen LogP contribution in [0, 0.1) is 0 Å². The zero-order valence-corrected chi connectivity index (χ0v) is 12.8. The van der Waals surface area contributed by atoms with Gasteiger partial charge >= 0.3 is 0 Å². The average molecular weight is 279 g/mol. The molecule has 0 bridgehead atoms. The maximum absolute atomic E-state index is 6.07. The second-order valence-corrected chi connectivity index (χ2v) is 6.68. The van der Waals surface area contributed by atoms with E-state index in [4.69, 9.17) is 22.7 Å². The average Bonchev–Trinajstić information content (AvgIpc) is 2.25. The molecule has 0 aliphatic carbocycles. The SMILES string of the molecule is CC1(C)CN(c2ccc(C(N)=S)nc2)CC(C)(C)O1. The Balaban J connectivity index is 2.23. The summed E-state index contributed by atoms with van der Waals surface area (Å²) in [6.07, 6.45) is 1.83. The fourth-order valence-corrected chi connectivity index (χ4v) is 2.81. The maximum Gasteiger partial charge on any atom is 0.122 e. The highest BCUT2D eigenvalue weighted by atomic mass is 32.1. The van der Waals surface area contributed by atoms with E-state index in [2.05, 4.69) is 37.6 Å². The van der Waals surface area contributed by atoms with E-state index in [-0.39, 0.29) is 11.2 Å². The lowest BCUT2D eigenvalue weighted by atomic mass is 9.98. The highest BCUT2D eigenvalue weighted by Crippen LogP contribution is 2.31. The van der Waals surface area contributed by atoms with Crippen molar-refractivity contribution in [3.8, 4) is 0 Å². The molecule has 0 amide bonds. The molecule has 2 rings (SSSR count). The number of aromatic nitrogens is 1. The van der Waals surface area contributed by atoms with Crippen molar-refractivity contribution >= 4 is 22.9 Å². The number of thiocarbonyl (C=S) groups is 1. The Hall–Kier alpha value is -1.20. The predicted molar refractivity (Wildman–Crippen MR) is 81.6 cm³/mol. The molecule has 5 heteroatoms. The predicted octanol–water partition coefficient (Wildman–Crippen LogP) is 2.11. The van der Waals surface area contributed by atoms with Gasteiger partial charge in [-0.2, -0.15) is 0 Å². The van der Waals surface area contributed by atoms with Gasteiger partial charge in [0.25, 0.3) is 0 Å². The molecule has 2 N–H and O–H groups in total. The normalized spacial score (nSPS) is 21.2. The number of hydrogen-bond acceptors (Lipinski definition) is 4. The van der Waals surface area contributed by atoms with Gasteiger partial charge in [0.05, 0.1) is 28.8 Å². The molecule has 4 nitrogen and oxygen atoms in total. The number of ether oxygens (including phenoxy) is 1. The number of nitrogens with two attached hydrogens (primary N) is 1. The molecule has 1 fully saturated rings. The number of pyridine rings is 1. The fourth-order valence-electron chi connectivity index (χ4n) is 2.69. The van der Waals surface area contributed by atoms with Crippen molar-refractivity contribution in [3.63, 3.8) is 0 Å². The van der Waals surface area contributed by atoms with Crippen LogP contribution >= 0.6 is 12.2 Å². The lowest BCUT2D eigenvalue weighted by Gasteiger charge is -2.48. The molecule has 0 radical (unpaired) electrons. The summed E-state index contributed by atoms with van der Waals surface area (Å²) in [5.41, 5.74) is 6.94. The molecule has 1 aliphatic rings. The van der Waals surface area contributed by atoms with Gasteiger partial charge in [-0.25, -0.2) is 0 Å². The molecule has 1 aliphatic heterocycles. The Morgan fingerprint density at radius 2 is 1.84 bits per heavy atom. The molecule has 0 atom stereocenters. The van der Waals surface area contributed by atoms with Gasteiger partial charge in [-0.1, -0.05) is 12.2 Å². The second kappa shape index (κ2) is 4.72. The van der Waals surface area contributed by atoms with Gasteiger partial charge in [0.2, 0.25) is 0 Å². The Bertz CT molecular complexity index is 466. The molecule has 2 heterocycles. The third-order valence-electron chi connectivity index (χ3n) is 3.06. The minimum atomic E-state index is -0.177. The van der Waals surface area contributed by atoms with Crippen molar-refractivity contribution in [3.05, 3.63) is 24.0 Å². The molecule has 1 aromatic heterocycles. The van der Waals surface area contributed by atoms with Crippen LogP contribution in [-0.4, -0.2) is 34.3 Å². The van der Waals surface area contributed by atoms with E-state index in [0.717, 1.165) is 18.8 Å². The van der Waals surface area contributed by atoms with E-state index < -0.39 is 0 Å². The number of rotatable bonds is 2. The van der Waals surface area contributed by atoms with Crippen LogP contribution < -0.4 is 10.6 Å². The van der Waals surface area contributed by atoms with Crippen LogP contribution in [0.2, 0.25) is 0 Å². The van der Waals surface area contributed by atoms with Gasteiger partial charge < -0.3 is 15.4 Å². The number of anilines is 1. The quantitative estimate of drug-likeness (QED) is 0.840. The highest BCUT2D eigenvalue weighted by Gasteiger charge is 2.38. The summed E-state index contributed by atoms with van der Waals surface area (Å²) in [6.45, 7) is 10.1. The van der Waals surface area contributed by atoms with Crippen molar-refractivity contribution in [2.45, 2.75) is 38.9 Å². The van der Waals surface area contributed by atoms with Crippen LogP contribution in [0.5, 0.6) is 0 Å². The third-order valence-corrected chi connectivity index (χ3v) is 3.27. The first-order valence-corrected chi connectivity index (χ1v) is 6.80. The van der Waals surface area contributed by atoms with E-state index in [1.54, 1.807) is 0 Å². The monoisotopic (exact) mass is 279 g/mol. The third kappa shape index (κ3) is 3.42. The van der Waals surface area contributed by atoms with Crippen LogP contribution in [0.15, 0.2) is 18.3 Å². The van der Waals surface area contributed by atoms with Crippen molar-refractivity contribution < 1.29 is 4.74 Å². The Morgan fingerprint density at radius 1 is 1.26 bits per heavy atom. The Labute approximate surface area is 120 Å². The second-order valence-electron chi connectivity index (χ2n) is 6.24. The lowest BCUT2D eigenvalue weighted by Crippen LogP contribution is -2.57. The van der Waals surface area contributed by atoms with Gasteiger partial charge in [-0.3, -0.25) is 4.98 Å². The molecular formula is C14H21N3OS. The topological polar surface area (TPSA) is 51.4 Å². The van der Waals surface area contributed by atoms with Crippen LogP contribution in [0.1, 0.15) is 33.4 Å². The highest BCUT2D eigenvalue weighted by molar-refractivity contribution is 7.80. The van der Waals surface area contributed by atoms with Crippen LogP contribution in [0.25, 0.3) is 0 Å². The Kier molecular flexibility index (Phi) is 3.53. The van der Waals surface area contributed by atoms with E-state index in [1.807, 2.05) is 18.3 Å². The molecule has 19 heavy (non-hydrogen) atoms. The first-order chi connectivity index (χ1) is 8.69. The van der Waals surface area contributed by atoms with Crippen LogP contribution in [0.3, 0.4) is 0 Å². The summed E-state index contributed by atoms with van der Waals surface area (Å²) >= 11 is 4.92. The van der Waals surface area contributed by atoms with Crippen molar-refractivity contribution in [1.29, 1.82) is 0 Å². The fraction of sp³-hybridized carbons (Fsp3) is 0.571. The molecule has 0 unspecified atom stereocenters. The summed E-state index contributed by atoms with van der Waals surface area (Å²) in [5.74, 6) is 0. The van der Waals surface area contributed by atoms with E-state index in [9.17, 15) is 0 Å². The minimum absolute atomic E-state index is 0.177. The first-order valence-electron chi connectivity index (χ1n) is 6.40. The van der Waals surface area contributed by atoms with Crippen molar-refractivity contribution in [2.75, 3.05) is 18.0 Å². The van der Waals surface area contributed by atoms with E-state index >= 15 is 0 Å². The number of morpholine rings is 1. The maximum atomic E-state index is 6.07. The summed E-state index contributed by atoms with van der Waals surface area (Å²) in [7, 11) is 0. The van der Waals surface area contributed by atoms with Gasteiger partial charge in [0.1, 0.15) is 4.99 Å².